The van der Waals surface area contributed by atoms with Gasteiger partial charge >= 0.3 is 0 Å². The van der Waals surface area contributed by atoms with Gasteiger partial charge in [-0.3, -0.25) is 14.7 Å². The first-order chi connectivity index (χ1) is 15.6. The summed E-state index contributed by atoms with van der Waals surface area (Å²) in [5.74, 6) is 1.06. The molecule has 3 heterocycles. The number of rotatable bonds is 4. The van der Waals surface area contributed by atoms with E-state index in [1.165, 1.54) is 11.1 Å². The molecule has 0 saturated carbocycles. The lowest BCUT2D eigenvalue weighted by molar-refractivity contribution is -0.118. The highest BCUT2D eigenvalue weighted by atomic mass is 16.5. The second-order valence-electron chi connectivity index (χ2n) is 8.52. The minimum Gasteiger partial charge on any atom is -0.482 e. The van der Waals surface area contributed by atoms with Crippen LogP contribution in [-0.2, 0) is 4.79 Å². The minimum atomic E-state index is -0.204. The molecule has 2 aliphatic rings. The molecule has 5 rings (SSSR count). The van der Waals surface area contributed by atoms with E-state index >= 15 is 0 Å². The predicted molar refractivity (Wildman–Crippen MR) is 121 cm³/mol. The predicted octanol–water partition coefficient (Wildman–Crippen LogP) is 3.73. The first kappa shape index (κ1) is 20.3. The highest BCUT2D eigenvalue weighted by Gasteiger charge is 2.32. The highest BCUT2D eigenvalue weighted by molar-refractivity contribution is 5.99. The summed E-state index contributed by atoms with van der Waals surface area (Å²) in [6.07, 6.45) is 3.77. The maximum atomic E-state index is 13.2. The number of hydrogen-bond donors (Lipinski definition) is 2. The van der Waals surface area contributed by atoms with Crippen LogP contribution >= 0.6 is 0 Å². The van der Waals surface area contributed by atoms with E-state index in [0.717, 1.165) is 18.5 Å². The number of aromatic amines is 1. The summed E-state index contributed by atoms with van der Waals surface area (Å²) in [6, 6.07) is 15.8. The quantitative estimate of drug-likeness (QED) is 0.660. The molecule has 7 heteroatoms. The van der Waals surface area contributed by atoms with Crippen molar-refractivity contribution in [2.45, 2.75) is 25.7 Å². The first-order valence-electron chi connectivity index (χ1n) is 11.0. The molecule has 1 saturated heterocycles. The van der Waals surface area contributed by atoms with Crippen molar-refractivity contribution < 1.29 is 14.3 Å². The molecule has 2 aromatic carbocycles. The number of fused-ring (bicyclic) bond motifs is 1. The molecule has 32 heavy (non-hydrogen) atoms. The summed E-state index contributed by atoms with van der Waals surface area (Å²) in [5.41, 5.74) is 4.73. The van der Waals surface area contributed by atoms with Crippen LogP contribution in [0.1, 0.15) is 45.9 Å². The van der Waals surface area contributed by atoms with E-state index in [-0.39, 0.29) is 24.3 Å². The number of anilines is 1. The van der Waals surface area contributed by atoms with Gasteiger partial charge in [-0.05, 0) is 49.4 Å². The molecule has 1 atom stereocenters. The second-order valence-corrected chi connectivity index (χ2v) is 8.52. The molecule has 0 bridgehead atoms. The van der Waals surface area contributed by atoms with Gasteiger partial charge in [0.15, 0.2) is 6.61 Å². The molecule has 2 aliphatic heterocycles. The van der Waals surface area contributed by atoms with Gasteiger partial charge in [0.05, 0.1) is 11.9 Å². The number of hydrogen-bond acceptors (Lipinski definition) is 4. The zero-order chi connectivity index (χ0) is 22.1. The fraction of sp³-hybridized carbons (Fsp3) is 0.320. The largest absolute Gasteiger partial charge is 0.482 e. The lowest BCUT2D eigenvalue weighted by atomic mass is 9.76. The van der Waals surface area contributed by atoms with Crippen molar-refractivity contribution in [3.8, 4) is 5.75 Å². The molecule has 0 unspecified atom stereocenters. The molecular weight excluding hydrogens is 404 g/mol. The Balaban J connectivity index is 1.32. The lowest BCUT2D eigenvalue weighted by Crippen LogP contribution is -2.40. The molecule has 2 N–H and O–H groups in total. The Labute approximate surface area is 186 Å². The zero-order valence-corrected chi connectivity index (χ0v) is 18.0. The SMILES string of the molecule is Cc1[nH]ncc1[C@@H](c1ccccc1)C1CCN(C(=O)c2ccc3c(c2)NC(=O)CO3)CC1. The number of ether oxygens (including phenoxy) is 1. The van der Waals surface area contributed by atoms with Gasteiger partial charge in [0, 0.05) is 35.8 Å². The van der Waals surface area contributed by atoms with Crippen LogP contribution in [0.25, 0.3) is 0 Å². The van der Waals surface area contributed by atoms with Crippen molar-refractivity contribution >= 4 is 17.5 Å². The number of piperidine rings is 1. The summed E-state index contributed by atoms with van der Waals surface area (Å²) >= 11 is 0. The minimum absolute atomic E-state index is 0.00647. The summed E-state index contributed by atoms with van der Waals surface area (Å²) < 4.78 is 5.40. The van der Waals surface area contributed by atoms with Crippen LogP contribution in [0.5, 0.6) is 5.75 Å². The van der Waals surface area contributed by atoms with Gasteiger partial charge in [0.25, 0.3) is 11.8 Å². The van der Waals surface area contributed by atoms with E-state index in [2.05, 4.69) is 46.7 Å². The average molecular weight is 431 g/mol. The number of likely N-dealkylation sites (tertiary alicyclic amines) is 1. The number of amides is 2. The summed E-state index contributed by atoms with van der Waals surface area (Å²) in [7, 11) is 0. The van der Waals surface area contributed by atoms with Gasteiger partial charge in [-0.2, -0.15) is 5.10 Å². The normalized spacial score (nSPS) is 17.3. The van der Waals surface area contributed by atoms with Crippen LogP contribution in [0.15, 0.2) is 54.7 Å². The van der Waals surface area contributed by atoms with Crippen LogP contribution < -0.4 is 10.1 Å². The van der Waals surface area contributed by atoms with Gasteiger partial charge in [0.2, 0.25) is 0 Å². The molecule has 7 nitrogen and oxygen atoms in total. The van der Waals surface area contributed by atoms with Crippen LogP contribution in [-0.4, -0.2) is 46.6 Å². The molecule has 164 valence electrons. The fourth-order valence-corrected chi connectivity index (χ4v) is 4.87. The third-order valence-electron chi connectivity index (χ3n) is 6.52. The third kappa shape index (κ3) is 3.86. The molecular formula is C25H26N4O3. The lowest BCUT2D eigenvalue weighted by Gasteiger charge is -2.36. The van der Waals surface area contributed by atoms with Crippen molar-refractivity contribution in [1.82, 2.24) is 15.1 Å². The van der Waals surface area contributed by atoms with E-state index in [1.807, 2.05) is 17.2 Å². The van der Waals surface area contributed by atoms with Crippen LogP contribution in [0.2, 0.25) is 0 Å². The van der Waals surface area contributed by atoms with Gasteiger partial charge in [-0.15, -0.1) is 0 Å². The second kappa shape index (κ2) is 8.49. The molecule has 2 amide bonds. The molecule has 1 fully saturated rings. The van der Waals surface area contributed by atoms with Crippen molar-refractivity contribution in [2.75, 3.05) is 25.0 Å². The number of carbonyl (C=O) groups excluding carboxylic acids is 2. The Morgan fingerprint density at radius 2 is 1.94 bits per heavy atom. The average Bonchev–Trinajstić information content (AvgIpc) is 3.25. The Morgan fingerprint density at radius 1 is 1.16 bits per heavy atom. The number of nitrogens with one attached hydrogen (secondary N) is 2. The molecule has 0 aliphatic carbocycles. The van der Waals surface area contributed by atoms with Crippen molar-refractivity contribution in [1.29, 1.82) is 0 Å². The van der Waals surface area contributed by atoms with Crippen LogP contribution in [0.4, 0.5) is 5.69 Å². The maximum Gasteiger partial charge on any atom is 0.262 e. The van der Waals surface area contributed by atoms with Gasteiger partial charge in [0.1, 0.15) is 5.75 Å². The summed E-state index contributed by atoms with van der Waals surface area (Å²) in [4.78, 5) is 26.7. The molecule has 0 radical (unpaired) electrons. The van der Waals surface area contributed by atoms with E-state index < -0.39 is 0 Å². The Hall–Kier alpha value is -3.61. The Morgan fingerprint density at radius 3 is 2.66 bits per heavy atom. The number of H-pyrrole nitrogens is 1. The van der Waals surface area contributed by atoms with Gasteiger partial charge < -0.3 is 15.0 Å². The zero-order valence-electron chi connectivity index (χ0n) is 18.0. The van der Waals surface area contributed by atoms with Crippen molar-refractivity contribution in [3.63, 3.8) is 0 Å². The monoisotopic (exact) mass is 430 g/mol. The van der Waals surface area contributed by atoms with E-state index in [0.29, 0.717) is 36.0 Å². The Kier molecular flexibility index (Phi) is 5.39. The first-order valence-corrected chi connectivity index (χ1v) is 11.0. The van der Waals surface area contributed by atoms with Gasteiger partial charge in [-0.25, -0.2) is 0 Å². The van der Waals surface area contributed by atoms with E-state index in [4.69, 9.17) is 4.74 Å². The van der Waals surface area contributed by atoms with Gasteiger partial charge in [-0.1, -0.05) is 30.3 Å². The topological polar surface area (TPSA) is 87.3 Å². The van der Waals surface area contributed by atoms with E-state index in [9.17, 15) is 9.59 Å². The Bertz CT molecular complexity index is 1130. The smallest absolute Gasteiger partial charge is 0.262 e. The number of carbonyl (C=O) groups is 2. The maximum absolute atomic E-state index is 13.2. The fourth-order valence-electron chi connectivity index (χ4n) is 4.87. The summed E-state index contributed by atoms with van der Waals surface area (Å²) in [6.45, 7) is 3.47. The summed E-state index contributed by atoms with van der Waals surface area (Å²) in [5, 5.41) is 10.1. The molecule has 1 aromatic heterocycles. The molecule has 3 aromatic rings. The standard InChI is InChI=1S/C25H26N4O3/c1-16-20(14-26-28-16)24(17-5-3-2-4-6-17)18-9-11-29(12-10-18)25(31)19-7-8-22-21(13-19)27-23(30)15-32-22/h2-8,13-14,18,24H,9-12,15H2,1H3,(H,26,28)(H,27,30)/t24-/m0/s1. The molecule has 0 spiro atoms. The van der Waals surface area contributed by atoms with Crippen molar-refractivity contribution in [3.05, 3.63) is 77.1 Å². The van der Waals surface area contributed by atoms with Crippen LogP contribution in [0.3, 0.4) is 0 Å². The number of nitrogens with zero attached hydrogens (tertiary/aromatic N) is 2. The highest BCUT2D eigenvalue weighted by Crippen LogP contribution is 2.39. The number of aromatic nitrogens is 2. The number of aryl methyl sites for hydroxylation is 1. The third-order valence-corrected chi connectivity index (χ3v) is 6.52. The van der Waals surface area contributed by atoms with E-state index in [1.54, 1.807) is 18.2 Å². The van der Waals surface area contributed by atoms with Crippen LogP contribution in [0, 0.1) is 12.8 Å². The number of benzene rings is 2. The van der Waals surface area contributed by atoms with Crippen molar-refractivity contribution in [2.24, 2.45) is 5.92 Å².